The van der Waals surface area contributed by atoms with Crippen LogP contribution in [-0.2, 0) is 0 Å². The van der Waals surface area contributed by atoms with E-state index in [1.54, 1.807) is 31.4 Å². The number of hydrogen-bond acceptors (Lipinski definition) is 6. The predicted octanol–water partition coefficient (Wildman–Crippen LogP) is 3.84. The Labute approximate surface area is 172 Å². The Balaban J connectivity index is 1.90. The summed E-state index contributed by atoms with van der Waals surface area (Å²) in [6.45, 7) is 2.39. The van der Waals surface area contributed by atoms with E-state index in [9.17, 15) is 9.65 Å². The van der Waals surface area contributed by atoms with Crippen LogP contribution in [0.25, 0.3) is 11.3 Å². The first-order chi connectivity index (χ1) is 14.6. The summed E-state index contributed by atoms with van der Waals surface area (Å²) >= 11 is 0. The van der Waals surface area contributed by atoms with E-state index in [2.05, 4.69) is 16.3 Å². The topological polar surface area (TPSA) is 106 Å². The maximum atomic E-state index is 14.0. The molecule has 0 saturated carbocycles. The van der Waals surface area contributed by atoms with Gasteiger partial charge in [0.15, 0.2) is 11.5 Å². The van der Waals surface area contributed by atoms with Gasteiger partial charge in [0.2, 0.25) is 11.8 Å². The quantitative estimate of drug-likeness (QED) is 0.667. The summed E-state index contributed by atoms with van der Waals surface area (Å²) in [4.78, 5) is 0. The van der Waals surface area contributed by atoms with Gasteiger partial charge in [-0.1, -0.05) is 12.1 Å². The number of nitrogens with two attached hydrogens (primary N) is 1. The summed E-state index contributed by atoms with van der Waals surface area (Å²) in [5, 5.41) is 16.9. The highest BCUT2D eigenvalue weighted by molar-refractivity contribution is 5.72. The number of fused-ring (bicyclic) bond motifs is 1. The zero-order valence-electron chi connectivity index (χ0n) is 16.4. The molecule has 1 aliphatic heterocycles. The third-order valence-electron chi connectivity index (χ3n) is 4.87. The first-order valence-corrected chi connectivity index (χ1v) is 9.29. The average Bonchev–Trinajstić information content (AvgIpc) is 3.16. The van der Waals surface area contributed by atoms with E-state index >= 15 is 0 Å². The van der Waals surface area contributed by atoms with Crippen molar-refractivity contribution in [1.82, 2.24) is 10.2 Å². The number of ether oxygens (including phenoxy) is 3. The van der Waals surface area contributed by atoms with E-state index in [0.29, 0.717) is 34.9 Å². The normalized spacial score (nSPS) is 15.2. The van der Waals surface area contributed by atoms with Gasteiger partial charge < -0.3 is 19.9 Å². The smallest absolute Gasteiger partial charge is 0.244 e. The molecule has 3 aromatic rings. The van der Waals surface area contributed by atoms with Gasteiger partial charge in [-0.3, -0.25) is 5.10 Å². The molecule has 0 aliphatic carbocycles. The molecule has 0 unspecified atom stereocenters. The van der Waals surface area contributed by atoms with E-state index in [4.69, 9.17) is 19.9 Å². The molecule has 8 heteroatoms. The molecule has 4 rings (SSSR count). The molecule has 2 aromatic carbocycles. The van der Waals surface area contributed by atoms with Gasteiger partial charge in [0.05, 0.1) is 30.9 Å². The molecule has 0 saturated heterocycles. The van der Waals surface area contributed by atoms with Crippen molar-refractivity contribution in [2.24, 2.45) is 5.73 Å². The van der Waals surface area contributed by atoms with Crippen molar-refractivity contribution < 1.29 is 18.6 Å². The molecule has 1 aromatic heterocycles. The highest BCUT2D eigenvalue weighted by Gasteiger charge is 2.35. The fourth-order valence-corrected chi connectivity index (χ4v) is 3.58. The molecular weight excluding hydrogens is 387 g/mol. The first-order valence-electron chi connectivity index (χ1n) is 9.29. The van der Waals surface area contributed by atoms with Gasteiger partial charge in [-0.05, 0) is 42.8 Å². The number of nitriles is 1. The van der Waals surface area contributed by atoms with Crippen LogP contribution in [0, 0.1) is 17.1 Å². The van der Waals surface area contributed by atoms with E-state index in [-0.39, 0.29) is 17.3 Å². The number of halogens is 1. The van der Waals surface area contributed by atoms with Gasteiger partial charge in [-0.25, -0.2) is 4.39 Å². The molecule has 0 radical (unpaired) electrons. The van der Waals surface area contributed by atoms with Crippen LogP contribution < -0.4 is 19.9 Å². The average molecular weight is 406 g/mol. The van der Waals surface area contributed by atoms with Gasteiger partial charge in [0.1, 0.15) is 17.5 Å². The van der Waals surface area contributed by atoms with Crippen LogP contribution in [0.4, 0.5) is 4.39 Å². The summed E-state index contributed by atoms with van der Waals surface area (Å²) in [5.74, 6) is 0.291. The van der Waals surface area contributed by atoms with Crippen molar-refractivity contribution >= 4 is 0 Å². The Morgan fingerprint density at radius 2 is 2.10 bits per heavy atom. The van der Waals surface area contributed by atoms with E-state index in [1.807, 2.05) is 13.0 Å². The number of allylic oxidation sites excluding steroid dienone is 1. The lowest BCUT2D eigenvalue weighted by Gasteiger charge is -2.24. The lowest BCUT2D eigenvalue weighted by Crippen LogP contribution is -2.21. The van der Waals surface area contributed by atoms with Crippen LogP contribution in [0.15, 0.2) is 53.9 Å². The Morgan fingerprint density at radius 3 is 2.80 bits per heavy atom. The van der Waals surface area contributed by atoms with Crippen molar-refractivity contribution in [2.45, 2.75) is 12.8 Å². The number of H-pyrrole nitrogens is 1. The second-order valence-electron chi connectivity index (χ2n) is 6.60. The Kier molecular flexibility index (Phi) is 5.02. The molecule has 0 amide bonds. The molecule has 2 heterocycles. The van der Waals surface area contributed by atoms with Crippen molar-refractivity contribution in [3.05, 3.63) is 70.9 Å². The lowest BCUT2D eigenvalue weighted by molar-refractivity contribution is 0.311. The number of aromatic amines is 1. The molecule has 0 bridgehead atoms. The zero-order valence-corrected chi connectivity index (χ0v) is 16.4. The predicted molar refractivity (Wildman–Crippen MR) is 107 cm³/mol. The van der Waals surface area contributed by atoms with Crippen molar-refractivity contribution in [3.63, 3.8) is 0 Å². The van der Waals surface area contributed by atoms with Crippen LogP contribution in [0.3, 0.4) is 0 Å². The van der Waals surface area contributed by atoms with Gasteiger partial charge in [0.25, 0.3) is 0 Å². The number of benzene rings is 2. The summed E-state index contributed by atoms with van der Waals surface area (Å²) in [6.07, 6.45) is 0. The molecule has 1 aliphatic rings. The lowest BCUT2D eigenvalue weighted by atomic mass is 9.83. The molecule has 0 fully saturated rings. The number of nitrogens with zero attached hydrogens (tertiary/aromatic N) is 2. The molecule has 1 atom stereocenters. The van der Waals surface area contributed by atoms with Crippen molar-refractivity contribution in [1.29, 1.82) is 5.26 Å². The zero-order chi connectivity index (χ0) is 21.3. The Bertz CT molecular complexity index is 1180. The number of aromatic nitrogens is 2. The highest BCUT2D eigenvalue weighted by Crippen LogP contribution is 2.46. The minimum Gasteiger partial charge on any atom is -0.493 e. The molecule has 7 nitrogen and oxygen atoms in total. The van der Waals surface area contributed by atoms with Crippen LogP contribution >= 0.6 is 0 Å². The maximum Gasteiger partial charge on any atom is 0.244 e. The maximum absolute atomic E-state index is 14.0. The van der Waals surface area contributed by atoms with Gasteiger partial charge in [0, 0.05) is 5.56 Å². The summed E-state index contributed by atoms with van der Waals surface area (Å²) in [5.41, 5.74) is 8.67. The SMILES string of the molecule is CCOc1ccc(-c2[nH]nc3c2[C@@H](c2cccc(F)c2)C(C#N)=C(N)O3)cc1OC. The second kappa shape index (κ2) is 7.79. The molecule has 30 heavy (non-hydrogen) atoms. The van der Waals surface area contributed by atoms with Gasteiger partial charge in [-0.15, -0.1) is 5.10 Å². The molecule has 152 valence electrons. The monoisotopic (exact) mass is 406 g/mol. The highest BCUT2D eigenvalue weighted by atomic mass is 19.1. The van der Waals surface area contributed by atoms with E-state index in [0.717, 1.165) is 5.56 Å². The van der Waals surface area contributed by atoms with Crippen LogP contribution in [0.5, 0.6) is 17.4 Å². The van der Waals surface area contributed by atoms with Gasteiger partial charge in [-0.2, -0.15) is 5.26 Å². The summed E-state index contributed by atoms with van der Waals surface area (Å²) in [7, 11) is 1.56. The fourth-order valence-electron chi connectivity index (χ4n) is 3.58. The Morgan fingerprint density at radius 1 is 1.27 bits per heavy atom. The number of nitrogens with one attached hydrogen (secondary N) is 1. The third kappa shape index (κ3) is 3.20. The molecular formula is C22H19FN4O3. The summed E-state index contributed by atoms with van der Waals surface area (Å²) < 4.78 is 30.6. The molecule has 0 spiro atoms. The van der Waals surface area contributed by atoms with E-state index in [1.165, 1.54) is 12.1 Å². The molecule has 3 N–H and O–H groups in total. The van der Waals surface area contributed by atoms with Gasteiger partial charge >= 0.3 is 0 Å². The van der Waals surface area contributed by atoms with Crippen LogP contribution in [0.1, 0.15) is 24.0 Å². The minimum absolute atomic E-state index is 0.0541. The second-order valence-corrected chi connectivity index (χ2v) is 6.60. The van der Waals surface area contributed by atoms with Crippen LogP contribution in [-0.4, -0.2) is 23.9 Å². The van der Waals surface area contributed by atoms with Crippen molar-refractivity contribution in [3.8, 4) is 34.7 Å². The fraction of sp³-hybridized carbons (Fsp3) is 0.182. The van der Waals surface area contributed by atoms with E-state index < -0.39 is 11.7 Å². The largest absolute Gasteiger partial charge is 0.493 e. The van der Waals surface area contributed by atoms with Crippen LogP contribution in [0.2, 0.25) is 0 Å². The number of rotatable bonds is 5. The van der Waals surface area contributed by atoms with Crippen molar-refractivity contribution in [2.75, 3.05) is 13.7 Å². The summed E-state index contributed by atoms with van der Waals surface area (Å²) in [6, 6.07) is 13.6. The Hall–Kier alpha value is -3.99. The first kappa shape index (κ1) is 19.3. The minimum atomic E-state index is -0.638. The number of methoxy groups -OCH3 is 1. The third-order valence-corrected chi connectivity index (χ3v) is 4.87. The standard InChI is InChI=1S/C22H19FN4O3/c1-3-29-16-8-7-13(10-17(16)28-2)20-19-18(12-5-4-6-14(23)9-12)15(11-24)21(25)30-22(19)27-26-20/h4-10,18H,3,25H2,1-2H3,(H,26,27)/t18-/m0/s1. The number of hydrogen-bond donors (Lipinski definition) is 2.